The van der Waals surface area contributed by atoms with Gasteiger partial charge < -0.3 is 5.32 Å². The Morgan fingerprint density at radius 2 is 1.32 bits per heavy atom. The summed E-state index contributed by atoms with van der Waals surface area (Å²) >= 11 is 0. The van der Waals surface area contributed by atoms with Gasteiger partial charge in [0, 0.05) is 12.6 Å². The van der Waals surface area contributed by atoms with Crippen LogP contribution < -0.4 is 10.0 Å². The van der Waals surface area contributed by atoms with Gasteiger partial charge in [-0.15, -0.1) is 0 Å². The molecule has 0 aliphatic carbocycles. The van der Waals surface area contributed by atoms with Crippen molar-refractivity contribution in [3.05, 3.63) is 102 Å². The smallest absolute Gasteiger partial charge is 0.240 e. The Morgan fingerprint density at radius 3 is 1.81 bits per heavy atom. The quantitative estimate of drug-likeness (QED) is 0.535. The number of benzene rings is 3. The normalized spacial score (nSPS) is 11.6. The van der Waals surface area contributed by atoms with Crippen molar-refractivity contribution in [2.24, 2.45) is 0 Å². The van der Waals surface area contributed by atoms with Gasteiger partial charge in [-0.05, 0) is 49.1 Å². The van der Waals surface area contributed by atoms with Crippen molar-refractivity contribution in [1.82, 2.24) is 10.0 Å². The van der Waals surface area contributed by atoms with Crippen LogP contribution in [0.2, 0.25) is 0 Å². The third kappa shape index (κ3) is 6.26. The molecular weight excluding hydrogens is 408 g/mol. The molecule has 3 aromatic carbocycles. The Morgan fingerprint density at radius 1 is 0.806 bits per heavy atom. The maximum atomic E-state index is 13.0. The molecule has 0 saturated heterocycles. The van der Waals surface area contributed by atoms with E-state index in [1.807, 2.05) is 60.7 Å². The number of hydrogen-bond donors (Lipinski definition) is 2. The molecule has 0 heterocycles. The van der Waals surface area contributed by atoms with E-state index in [0.717, 1.165) is 16.7 Å². The third-order valence-electron chi connectivity index (χ3n) is 4.87. The highest BCUT2D eigenvalue weighted by atomic mass is 32.2. The fraction of sp³-hybridized carbons (Fsp3) is 0.240. The van der Waals surface area contributed by atoms with Gasteiger partial charge in [-0.25, -0.2) is 13.1 Å². The van der Waals surface area contributed by atoms with Crippen LogP contribution in [0.3, 0.4) is 0 Å². The Kier molecular flexibility index (Phi) is 7.60. The maximum absolute atomic E-state index is 13.0. The summed E-state index contributed by atoms with van der Waals surface area (Å²) in [4.78, 5) is 13.3. The number of nitrogens with one attached hydrogen (secondary N) is 2. The van der Waals surface area contributed by atoms with Crippen LogP contribution in [0.25, 0.3) is 0 Å². The molecule has 3 rings (SSSR count). The largest absolute Gasteiger partial charge is 0.355 e. The highest BCUT2D eigenvalue weighted by Gasteiger charge is 2.22. The minimum Gasteiger partial charge on any atom is -0.355 e. The second-order valence-corrected chi connectivity index (χ2v) is 9.43. The minimum absolute atomic E-state index is 0.0577. The summed E-state index contributed by atoms with van der Waals surface area (Å²) in [6.07, 6.45) is 0.611. The lowest BCUT2D eigenvalue weighted by molar-refractivity contribution is -0.121. The van der Waals surface area contributed by atoms with Gasteiger partial charge in [0.2, 0.25) is 15.9 Å². The van der Waals surface area contributed by atoms with E-state index in [4.69, 9.17) is 0 Å². The topological polar surface area (TPSA) is 75.3 Å². The minimum atomic E-state index is -3.50. The number of amides is 1. The van der Waals surface area contributed by atoms with Gasteiger partial charge in [-0.1, -0.05) is 72.8 Å². The molecule has 0 unspecified atom stereocenters. The van der Waals surface area contributed by atoms with E-state index in [-0.39, 0.29) is 22.8 Å². The van der Waals surface area contributed by atoms with E-state index in [0.29, 0.717) is 13.0 Å². The van der Waals surface area contributed by atoms with Crippen LogP contribution in [-0.4, -0.2) is 26.9 Å². The molecule has 162 valence electrons. The van der Waals surface area contributed by atoms with Gasteiger partial charge in [0.05, 0.1) is 10.8 Å². The lowest BCUT2D eigenvalue weighted by Gasteiger charge is -2.18. The van der Waals surface area contributed by atoms with Crippen molar-refractivity contribution >= 4 is 15.9 Å². The molecule has 0 spiro atoms. The molecule has 5 nitrogen and oxygen atoms in total. The van der Waals surface area contributed by atoms with Gasteiger partial charge in [0.15, 0.2) is 0 Å². The Labute approximate surface area is 184 Å². The summed E-state index contributed by atoms with van der Waals surface area (Å²) in [5.74, 6) is -0.435. The Hall–Kier alpha value is -2.96. The highest BCUT2D eigenvalue weighted by molar-refractivity contribution is 7.89. The van der Waals surface area contributed by atoms with Crippen molar-refractivity contribution < 1.29 is 13.2 Å². The van der Waals surface area contributed by atoms with Gasteiger partial charge in [0.1, 0.15) is 0 Å². The standard InChI is InChI=1S/C25H28N2O3S/c1-19(2)27-31(29,30)23-15-13-20(14-16-23)17-18-26-25(28)24(21-9-5-3-6-10-21)22-11-7-4-8-12-22/h3-16,19,24,27H,17-18H2,1-2H3,(H,26,28). The second-order valence-electron chi connectivity index (χ2n) is 7.72. The average molecular weight is 437 g/mol. The first-order chi connectivity index (χ1) is 14.9. The number of hydrogen-bond acceptors (Lipinski definition) is 3. The highest BCUT2D eigenvalue weighted by Crippen LogP contribution is 2.24. The first-order valence-electron chi connectivity index (χ1n) is 10.4. The fourth-order valence-corrected chi connectivity index (χ4v) is 4.68. The molecule has 1 amide bonds. The number of rotatable bonds is 9. The zero-order valence-electron chi connectivity index (χ0n) is 17.8. The van der Waals surface area contributed by atoms with Crippen LogP contribution in [0.4, 0.5) is 0 Å². The van der Waals surface area contributed by atoms with E-state index < -0.39 is 10.0 Å². The van der Waals surface area contributed by atoms with E-state index >= 15 is 0 Å². The first-order valence-corrected chi connectivity index (χ1v) is 11.8. The average Bonchev–Trinajstić information content (AvgIpc) is 2.75. The van der Waals surface area contributed by atoms with Crippen LogP contribution in [0, 0.1) is 0 Å². The summed E-state index contributed by atoms with van der Waals surface area (Å²) in [5.41, 5.74) is 2.84. The molecule has 2 N–H and O–H groups in total. The molecule has 0 atom stereocenters. The van der Waals surface area contributed by atoms with Crippen molar-refractivity contribution in [2.45, 2.75) is 37.1 Å². The van der Waals surface area contributed by atoms with Crippen LogP contribution >= 0.6 is 0 Å². The van der Waals surface area contributed by atoms with Crippen LogP contribution in [0.1, 0.15) is 36.5 Å². The molecule has 0 fully saturated rings. The van der Waals surface area contributed by atoms with Crippen LogP contribution in [0.5, 0.6) is 0 Å². The SMILES string of the molecule is CC(C)NS(=O)(=O)c1ccc(CCNC(=O)C(c2ccccc2)c2ccccc2)cc1. The van der Waals surface area contributed by atoms with Gasteiger partial charge in [-0.3, -0.25) is 4.79 Å². The predicted octanol–water partition coefficient (Wildman–Crippen LogP) is 3.86. The zero-order valence-corrected chi connectivity index (χ0v) is 18.6. The molecule has 0 aliphatic heterocycles. The van der Waals surface area contributed by atoms with E-state index in [1.54, 1.807) is 38.1 Å². The lowest BCUT2D eigenvalue weighted by Crippen LogP contribution is -2.31. The number of sulfonamides is 1. The fourth-order valence-electron chi connectivity index (χ4n) is 3.43. The second kappa shape index (κ2) is 10.4. The molecule has 3 aromatic rings. The predicted molar refractivity (Wildman–Crippen MR) is 123 cm³/mol. The van der Waals surface area contributed by atoms with Crippen LogP contribution in [-0.2, 0) is 21.2 Å². The molecule has 0 aliphatic rings. The molecular formula is C25H28N2O3S. The van der Waals surface area contributed by atoms with Crippen molar-refractivity contribution in [1.29, 1.82) is 0 Å². The summed E-state index contributed by atoms with van der Waals surface area (Å²) < 4.78 is 27.0. The molecule has 0 bridgehead atoms. The third-order valence-corrected chi connectivity index (χ3v) is 6.54. The Bertz CT molecular complexity index is 1040. The molecule has 31 heavy (non-hydrogen) atoms. The van der Waals surface area contributed by atoms with Crippen LogP contribution in [0.15, 0.2) is 89.8 Å². The first kappa shape index (κ1) is 22.7. The number of carbonyl (C=O) groups is 1. The van der Waals surface area contributed by atoms with E-state index in [1.165, 1.54) is 0 Å². The summed E-state index contributed by atoms with van der Waals surface area (Å²) in [6, 6.07) is 26.0. The molecule has 0 saturated carbocycles. The van der Waals surface area contributed by atoms with Gasteiger partial charge >= 0.3 is 0 Å². The van der Waals surface area contributed by atoms with Crippen molar-refractivity contribution in [3.63, 3.8) is 0 Å². The number of carbonyl (C=O) groups excluding carboxylic acids is 1. The lowest BCUT2D eigenvalue weighted by atomic mass is 9.90. The van der Waals surface area contributed by atoms with Gasteiger partial charge in [0.25, 0.3) is 0 Å². The van der Waals surface area contributed by atoms with Crippen molar-refractivity contribution in [3.8, 4) is 0 Å². The summed E-state index contributed by atoms with van der Waals surface area (Å²) in [7, 11) is -3.50. The van der Waals surface area contributed by atoms with Gasteiger partial charge in [-0.2, -0.15) is 0 Å². The molecule has 6 heteroatoms. The van der Waals surface area contributed by atoms with E-state index in [9.17, 15) is 13.2 Å². The summed E-state index contributed by atoms with van der Waals surface area (Å²) in [5, 5.41) is 3.03. The molecule has 0 aromatic heterocycles. The summed E-state index contributed by atoms with van der Waals surface area (Å²) in [6.45, 7) is 4.03. The van der Waals surface area contributed by atoms with E-state index in [2.05, 4.69) is 10.0 Å². The Balaban J connectivity index is 1.64. The van der Waals surface area contributed by atoms with Crippen molar-refractivity contribution in [2.75, 3.05) is 6.54 Å². The monoisotopic (exact) mass is 436 g/mol. The molecule has 0 radical (unpaired) electrons. The maximum Gasteiger partial charge on any atom is 0.240 e. The zero-order chi connectivity index (χ0) is 22.3.